The molecule has 1 amide bonds. The summed E-state index contributed by atoms with van der Waals surface area (Å²) in [7, 11) is 0. The molecular formula is C15H24N2O2S. The highest BCUT2D eigenvalue weighted by atomic mass is 32.1. The fourth-order valence-corrected chi connectivity index (χ4v) is 4.46. The number of hydrogen-bond acceptors (Lipinski definition) is 3. The van der Waals surface area contributed by atoms with Gasteiger partial charge in [0.25, 0.3) is 0 Å². The number of fused-ring (bicyclic) bond motifs is 1. The highest BCUT2D eigenvalue weighted by Gasteiger charge is 2.49. The van der Waals surface area contributed by atoms with Crippen molar-refractivity contribution >= 4 is 23.1 Å². The number of nitrogens with zero attached hydrogens (tertiary/aromatic N) is 1. The Hall–Kier alpha value is -0.680. The molecule has 1 heterocycles. The van der Waals surface area contributed by atoms with Gasteiger partial charge in [0.05, 0.1) is 29.2 Å². The number of rotatable bonds is 2. The van der Waals surface area contributed by atoms with Gasteiger partial charge in [0.1, 0.15) is 0 Å². The van der Waals surface area contributed by atoms with E-state index in [1.165, 1.54) is 12.8 Å². The van der Waals surface area contributed by atoms with Crippen LogP contribution in [0.3, 0.4) is 0 Å². The van der Waals surface area contributed by atoms with Crippen LogP contribution in [-0.4, -0.2) is 41.1 Å². The summed E-state index contributed by atoms with van der Waals surface area (Å²) in [6, 6.07) is 0.247. The summed E-state index contributed by atoms with van der Waals surface area (Å²) in [5, 5.41) is 0. The SMILES string of the molecule is NC(=S)C1(C(=O)N2CCOC3CCCCC32)CCCC1. The van der Waals surface area contributed by atoms with Crippen molar-refractivity contribution in [3.05, 3.63) is 0 Å². The van der Waals surface area contributed by atoms with Crippen molar-refractivity contribution in [3.63, 3.8) is 0 Å². The monoisotopic (exact) mass is 296 g/mol. The second-order valence-electron chi connectivity index (χ2n) is 6.41. The minimum Gasteiger partial charge on any atom is -0.392 e. The van der Waals surface area contributed by atoms with Gasteiger partial charge in [-0.2, -0.15) is 0 Å². The van der Waals surface area contributed by atoms with Gasteiger partial charge in [-0.3, -0.25) is 4.79 Å². The van der Waals surface area contributed by atoms with E-state index >= 15 is 0 Å². The Morgan fingerprint density at radius 2 is 1.90 bits per heavy atom. The summed E-state index contributed by atoms with van der Waals surface area (Å²) in [5.41, 5.74) is 5.40. The van der Waals surface area contributed by atoms with Crippen LogP contribution in [0.2, 0.25) is 0 Å². The molecule has 2 aliphatic carbocycles. The molecule has 3 aliphatic rings. The first-order valence-electron chi connectivity index (χ1n) is 7.88. The number of nitrogens with two attached hydrogens (primary N) is 1. The van der Waals surface area contributed by atoms with Crippen molar-refractivity contribution in [3.8, 4) is 0 Å². The summed E-state index contributed by atoms with van der Waals surface area (Å²) in [6.45, 7) is 1.35. The van der Waals surface area contributed by atoms with Crippen molar-refractivity contribution in [1.82, 2.24) is 4.90 Å². The molecule has 2 N–H and O–H groups in total. The van der Waals surface area contributed by atoms with Crippen LogP contribution < -0.4 is 5.73 Å². The average Bonchev–Trinajstić information content (AvgIpc) is 2.97. The molecule has 0 radical (unpaired) electrons. The van der Waals surface area contributed by atoms with Crippen molar-refractivity contribution in [2.75, 3.05) is 13.2 Å². The largest absolute Gasteiger partial charge is 0.392 e. The molecule has 2 atom stereocenters. The van der Waals surface area contributed by atoms with Gasteiger partial charge >= 0.3 is 0 Å². The smallest absolute Gasteiger partial charge is 0.236 e. The fraction of sp³-hybridized carbons (Fsp3) is 0.867. The molecule has 3 fully saturated rings. The van der Waals surface area contributed by atoms with Gasteiger partial charge in [-0.05, 0) is 25.7 Å². The first-order chi connectivity index (χ1) is 9.65. The van der Waals surface area contributed by atoms with Crippen LogP contribution in [0.5, 0.6) is 0 Å². The zero-order chi connectivity index (χ0) is 14.2. The van der Waals surface area contributed by atoms with Gasteiger partial charge in [-0.1, -0.05) is 37.9 Å². The topological polar surface area (TPSA) is 55.6 Å². The summed E-state index contributed by atoms with van der Waals surface area (Å²) >= 11 is 5.26. The first-order valence-corrected chi connectivity index (χ1v) is 8.28. The molecule has 2 unspecified atom stereocenters. The molecule has 1 saturated heterocycles. The lowest BCUT2D eigenvalue weighted by atomic mass is 9.82. The minimum absolute atomic E-state index is 0.183. The second-order valence-corrected chi connectivity index (χ2v) is 6.85. The lowest BCUT2D eigenvalue weighted by Gasteiger charge is -2.46. The molecule has 5 heteroatoms. The normalized spacial score (nSPS) is 32.7. The second kappa shape index (κ2) is 5.60. The Bertz CT molecular complexity index is 405. The van der Waals surface area contributed by atoms with E-state index in [1.54, 1.807) is 0 Å². The van der Waals surface area contributed by atoms with Crippen LogP contribution in [-0.2, 0) is 9.53 Å². The van der Waals surface area contributed by atoms with Crippen LogP contribution in [0, 0.1) is 5.41 Å². The Morgan fingerprint density at radius 3 is 2.60 bits per heavy atom. The highest BCUT2D eigenvalue weighted by Crippen LogP contribution is 2.42. The zero-order valence-electron chi connectivity index (χ0n) is 12.0. The van der Waals surface area contributed by atoms with E-state index in [-0.39, 0.29) is 18.1 Å². The fourth-order valence-electron chi connectivity index (χ4n) is 4.17. The summed E-state index contributed by atoms with van der Waals surface area (Å²) in [6.07, 6.45) is 8.54. The number of hydrogen-bond donors (Lipinski definition) is 1. The van der Waals surface area contributed by atoms with Gasteiger partial charge in [0, 0.05) is 6.54 Å². The standard InChI is InChI=1S/C15H24N2O2S/c16-13(20)15(7-3-4-8-15)14(18)17-9-10-19-12-6-2-1-5-11(12)17/h11-12H,1-10H2,(H2,16,20). The molecule has 1 aliphatic heterocycles. The molecule has 0 aromatic heterocycles. The molecule has 112 valence electrons. The van der Waals surface area contributed by atoms with Crippen molar-refractivity contribution in [2.24, 2.45) is 11.1 Å². The van der Waals surface area contributed by atoms with E-state index in [2.05, 4.69) is 4.90 Å². The van der Waals surface area contributed by atoms with E-state index in [0.29, 0.717) is 18.1 Å². The predicted octanol–water partition coefficient (Wildman–Crippen LogP) is 2.00. The first kappa shape index (κ1) is 14.3. The minimum atomic E-state index is -0.561. The molecule has 3 rings (SSSR count). The lowest BCUT2D eigenvalue weighted by Crippen LogP contribution is -2.60. The van der Waals surface area contributed by atoms with Crippen LogP contribution >= 0.6 is 12.2 Å². The van der Waals surface area contributed by atoms with Crippen LogP contribution in [0.25, 0.3) is 0 Å². The maximum atomic E-state index is 13.1. The van der Waals surface area contributed by atoms with Crippen molar-refractivity contribution in [2.45, 2.75) is 63.5 Å². The number of ether oxygens (including phenoxy) is 1. The van der Waals surface area contributed by atoms with Crippen LogP contribution in [0.4, 0.5) is 0 Å². The molecule has 4 nitrogen and oxygen atoms in total. The third kappa shape index (κ3) is 2.25. The Morgan fingerprint density at radius 1 is 1.20 bits per heavy atom. The van der Waals surface area contributed by atoms with E-state index in [4.69, 9.17) is 22.7 Å². The van der Waals surface area contributed by atoms with Gasteiger partial charge in [-0.25, -0.2) is 0 Å². The number of thiocarbonyl (C=S) groups is 1. The Balaban J connectivity index is 1.83. The number of carbonyl (C=O) groups is 1. The van der Waals surface area contributed by atoms with E-state index < -0.39 is 5.41 Å². The quantitative estimate of drug-likeness (QED) is 0.792. The molecule has 0 aromatic carbocycles. The summed E-state index contributed by atoms with van der Waals surface area (Å²) in [5.74, 6) is 0.183. The third-order valence-corrected chi connectivity index (χ3v) is 5.72. The van der Waals surface area contributed by atoms with E-state index in [9.17, 15) is 4.79 Å². The maximum absolute atomic E-state index is 13.1. The average molecular weight is 296 g/mol. The van der Waals surface area contributed by atoms with Crippen LogP contribution in [0.1, 0.15) is 51.4 Å². The van der Waals surface area contributed by atoms with Gasteiger partial charge < -0.3 is 15.4 Å². The summed E-state index contributed by atoms with van der Waals surface area (Å²) < 4.78 is 5.86. The number of morpholine rings is 1. The van der Waals surface area contributed by atoms with Crippen LogP contribution in [0.15, 0.2) is 0 Å². The predicted molar refractivity (Wildman–Crippen MR) is 81.4 cm³/mol. The van der Waals surface area contributed by atoms with Gasteiger partial charge in [0.15, 0.2) is 0 Å². The number of carbonyl (C=O) groups excluding carboxylic acids is 1. The molecule has 20 heavy (non-hydrogen) atoms. The molecule has 0 spiro atoms. The summed E-state index contributed by atoms with van der Waals surface area (Å²) in [4.78, 5) is 15.6. The van der Waals surface area contributed by atoms with E-state index in [1.807, 2.05) is 0 Å². The molecular weight excluding hydrogens is 272 g/mol. The number of amides is 1. The molecule has 2 saturated carbocycles. The highest BCUT2D eigenvalue weighted by molar-refractivity contribution is 7.80. The van der Waals surface area contributed by atoms with Gasteiger partial charge in [0.2, 0.25) is 5.91 Å². The van der Waals surface area contributed by atoms with Crippen molar-refractivity contribution in [1.29, 1.82) is 0 Å². The van der Waals surface area contributed by atoms with Gasteiger partial charge in [-0.15, -0.1) is 0 Å². The lowest BCUT2D eigenvalue weighted by molar-refractivity contribution is -0.156. The van der Waals surface area contributed by atoms with Crippen molar-refractivity contribution < 1.29 is 9.53 Å². The molecule has 0 bridgehead atoms. The zero-order valence-corrected chi connectivity index (χ0v) is 12.8. The Labute approximate surface area is 126 Å². The maximum Gasteiger partial charge on any atom is 0.236 e. The Kier molecular flexibility index (Phi) is 4.00. The van der Waals surface area contributed by atoms with E-state index in [0.717, 1.165) is 38.5 Å². The molecule has 0 aromatic rings. The third-order valence-electron chi connectivity index (χ3n) is 5.33.